The lowest BCUT2D eigenvalue weighted by atomic mass is 9.98. The molecule has 1 aliphatic rings. The molecule has 0 aromatic carbocycles. The van der Waals surface area contributed by atoms with Crippen LogP contribution in [0, 0.1) is 17.7 Å². The molecular weight excluding hydrogens is 245 g/mol. The third kappa shape index (κ3) is 3.03. The quantitative estimate of drug-likeness (QED) is 0.879. The second kappa shape index (κ2) is 5.99. The molecule has 1 saturated carbocycles. The second-order valence-corrected chi connectivity index (χ2v) is 5.15. The molecule has 0 bridgehead atoms. The molecule has 2 unspecified atom stereocenters. The largest absolute Gasteiger partial charge is 0.371 e. The highest BCUT2D eigenvalue weighted by molar-refractivity contribution is 5.95. The fraction of sp³-hybridized carbons (Fsp3) is 0.571. The van der Waals surface area contributed by atoms with Gasteiger partial charge in [0, 0.05) is 19.8 Å². The Morgan fingerprint density at radius 2 is 2.32 bits per heavy atom. The number of pyridine rings is 1. The van der Waals surface area contributed by atoms with E-state index in [0.29, 0.717) is 18.4 Å². The first-order valence-electron chi connectivity index (χ1n) is 6.74. The van der Waals surface area contributed by atoms with E-state index in [4.69, 9.17) is 0 Å². The molecule has 0 radical (unpaired) electrons. The van der Waals surface area contributed by atoms with Crippen molar-refractivity contribution in [2.45, 2.75) is 26.2 Å². The lowest BCUT2D eigenvalue weighted by molar-refractivity contribution is 0.0940. The number of aromatic nitrogens is 1. The van der Waals surface area contributed by atoms with Crippen molar-refractivity contribution >= 4 is 11.7 Å². The van der Waals surface area contributed by atoms with E-state index in [1.807, 2.05) is 0 Å². The van der Waals surface area contributed by atoms with Crippen molar-refractivity contribution in [2.75, 3.05) is 18.9 Å². The van der Waals surface area contributed by atoms with Gasteiger partial charge in [-0.15, -0.1) is 0 Å². The van der Waals surface area contributed by atoms with Crippen molar-refractivity contribution in [1.82, 2.24) is 10.3 Å². The van der Waals surface area contributed by atoms with Crippen molar-refractivity contribution in [1.29, 1.82) is 0 Å². The Labute approximate surface area is 112 Å². The van der Waals surface area contributed by atoms with Crippen LogP contribution in [0.5, 0.6) is 0 Å². The molecular formula is C14H20FN3O. The van der Waals surface area contributed by atoms with Gasteiger partial charge < -0.3 is 10.6 Å². The van der Waals surface area contributed by atoms with Gasteiger partial charge in [0.15, 0.2) is 11.6 Å². The number of carbonyl (C=O) groups is 1. The van der Waals surface area contributed by atoms with E-state index in [1.165, 1.54) is 25.1 Å². The summed E-state index contributed by atoms with van der Waals surface area (Å²) in [6.45, 7) is 2.83. The molecule has 1 fully saturated rings. The van der Waals surface area contributed by atoms with E-state index in [2.05, 4.69) is 22.5 Å². The van der Waals surface area contributed by atoms with Crippen LogP contribution in [-0.2, 0) is 0 Å². The topological polar surface area (TPSA) is 54.0 Å². The van der Waals surface area contributed by atoms with Gasteiger partial charge in [0.25, 0.3) is 5.91 Å². The third-order valence-electron chi connectivity index (χ3n) is 3.93. The Morgan fingerprint density at radius 1 is 1.53 bits per heavy atom. The van der Waals surface area contributed by atoms with E-state index in [1.54, 1.807) is 7.05 Å². The summed E-state index contributed by atoms with van der Waals surface area (Å²) in [7, 11) is 1.58. The summed E-state index contributed by atoms with van der Waals surface area (Å²) in [5.74, 6) is 0.285. The van der Waals surface area contributed by atoms with Crippen molar-refractivity contribution < 1.29 is 9.18 Å². The standard InChI is InChI=1S/C14H20FN3O/c1-9-4-3-5-10(9)8-18-14(19)11-6-7-17-13(16-2)12(11)15/h6-7,9-10H,3-5,8H2,1-2H3,(H,16,17)(H,18,19). The zero-order chi connectivity index (χ0) is 13.8. The number of nitrogens with one attached hydrogen (secondary N) is 2. The molecule has 0 spiro atoms. The summed E-state index contributed by atoms with van der Waals surface area (Å²) in [6, 6.07) is 1.41. The van der Waals surface area contributed by atoms with Crippen LogP contribution in [0.1, 0.15) is 36.5 Å². The summed E-state index contributed by atoms with van der Waals surface area (Å²) in [5.41, 5.74) is 0.0463. The Bertz CT molecular complexity index is 464. The molecule has 2 atom stereocenters. The van der Waals surface area contributed by atoms with Gasteiger partial charge in [0.1, 0.15) is 0 Å². The Morgan fingerprint density at radius 3 is 2.95 bits per heavy atom. The average Bonchev–Trinajstić information content (AvgIpc) is 2.82. The van der Waals surface area contributed by atoms with Crippen LogP contribution in [0.25, 0.3) is 0 Å². The maximum atomic E-state index is 13.9. The van der Waals surface area contributed by atoms with E-state index in [-0.39, 0.29) is 17.3 Å². The number of nitrogens with zero attached hydrogens (tertiary/aromatic N) is 1. The predicted octanol–water partition coefficient (Wildman–Crippen LogP) is 2.43. The third-order valence-corrected chi connectivity index (χ3v) is 3.93. The highest BCUT2D eigenvalue weighted by atomic mass is 19.1. The number of amides is 1. The average molecular weight is 265 g/mol. The van der Waals surface area contributed by atoms with E-state index in [9.17, 15) is 9.18 Å². The molecule has 1 heterocycles. The number of hydrogen-bond acceptors (Lipinski definition) is 3. The van der Waals surface area contributed by atoms with Gasteiger partial charge in [-0.25, -0.2) is 9.37 Å². The molecule has 0 saturated heterocycles. The van der Waals surface area contributed by atoms with Crippen LogP contribution in [0.15, 0.2) is 12.3 Å². The monoisotopic (exact) mass is 265 g/mol. The minimum Gasteiger partial charge on any atom is -0.371 e. The van der Waals surface area contributed by atoms with Crippen LogP contribution in [0.4, 0.5) is 10.2 Å². The molecule has 104 valence electrons. The summed E-state index contributed by atoms with van der Waals surface area (Å²) in [5, 5.41) is 5.46. The smallest absolute Gasteiger partial charge is 0.254 e. The molecule has 2 rings (SSSR count). The molecule has 1 amide bonds. The molecule has 1 aromatic heterocycles. The normalized spacial score (nSPS) is 22.3. The van der Waals surface area contributed by atoms with Crippen LogP contribution in [0.2, 0.25) is 0 Å². The number of hydrogen-bond donors (Lipinski definition) is 2. The zero-order valence-electron chi connectivity index (χ0n) is 11.4. The first kappa shape index (κ1) is 13.8. The molecule has 0 aliphatic heterocycles. The summed E-state index contributed by atoms with van der Waals surface area (Å²) in [6.07, 6.45) is 5.01. The molecule has 1 aliphatic carbocycles. The summed E-state index contributed by atoms with van der Waals surface area (Å²) < 4.78 is 13.9. The van der Waals surface area contributed by atoms with Gasteiger partial charge in [-0.05, 0) is 24.3 Å². The van der Waals surface area contributed by atoms with Gasteiger partial charge in [0.2, 0.25) is 0 Å². The fourth-order valence-electron chi connectivity index (χ4n) is 2.64. The van der Waals surface area contributed by atoms with Gasteiger partial charge in [-0.3, -0.25) is 4.79 Å². The van der Waals surface area contributed by atoms with Crippen LogP contribution in [0.3, 0.4) is 0 Å². The number of carbonyl (C=O) groups excluding carboxylic acids is 1. The first-order chi connectivity index (χ1) is 9.13. The predicted molar refractivity (Wildman–Crippen MR) is 72.6 cm³/mol. The summed E-state index contributed by atoms with van der Waals surface area (Å²) in [4.78, 5) is 15.8. The minimum absolute atomic E-state index is 0.0463. The number of rotatable bonds is 4. The van der Waals surface area contributed by atoms with Crippen molar-refractivity contribution in [2.24, 2.45) is 11.8 Å². The van der Waals surface area contributed by atoms with Gasteiger partial charge >= 0.3 is 0 Å². The van der Waals surface area contributed by atoms with Crippen LogP contribution < -0.4 is 10.6 Å². The molecule has 19 heavy (non-hydrogen) atoms. The molecule has 1 aromatic rings. The van der Waals surface area contributed by atoms with Crippen LogP contribution in [-0.4, -0.2) is 24.5 Å². The highest BCUT2D eigenvalue weighted by Crippen LogP contribution is 2.30. The second-order valence-electron chi connectivity index (χ2n) is 5.15. The zero-order valence-corrected chi connectivity index (χ0v) is 11.4. The summed E-state index contributed by atoms with van der Waals surface area (Å²) >= 11 is 0. The maximum Gasteiger partial charge on any atom is 0.254 e. The molecule has 5 heteroatoms. The van der Waals surface area contributed by atoms with Crippen molar-refractivity contribution in [3.05, 3.63) is 23.6 Å². The fourth-order valence-corrected chi connectivity index (χ4v) is 2.64. The van der Waals surface area contributed by atoms with E-state index >= 15 is 0 Å². The Balaban J connectivity index is 2.00. The van der Waals surface area contributed by atoms with Gasteiger partial charge in [-0.1, -0.05) is 19.8 Å². The Hall–Kier alpha value is -1.65. The first-order valence-corrected chi connectivity index (χ1v) is 6.74. The van der Waals surface area contributed by atoms with E-state index < -0.39 is 5.82 Å². The van der Waals surface area contributed by atoms with Crippen LogP contribution >= 0.6 is 0 Å². The minimum atomic E-state index is -0.595. The number of anilines is 1. The Kier molecular flexibility index (Phi) is 4.35. The molecule has 4 nitrogen and oxygen atoms in total. The van der Waals surface area contributed by atoms with Crippen molar-refractivity contribution in [3.8, 4) is 0 Å². The maximum absolute atomic E-state index is 13.9. The van der Waals surface area contributed by atoms with Crippen molar-refractivity contribution in [3.63, 3.8) is 0 Å². The SMILES string of the molecule is CNc1nccc(C(=O)NCC2CCCC2C)c1F. The highest BCUT2D eigenvalue weighted by Gasteiger charge is 2.24. The lowest BCUT2D eigenvalue weighted by Gasteiger charge is -2.16. The van der Waals surface area contributed by atoms with Gasteiger partial charge in [-0.2, -0.15) is 0 Å². The molecule has 2 N–H and O–H groups in total. The van der Waals surface area contributed by atoms with Gasteiger partial charge in [0.05, 0.1) is 5.56 Å². The van der Waals surface area contributed by atoms with E-state index in [0.717, 1.165) is 6.42 Å². The number of halogens is 1. The lowest BCUT2D eigenvalue weighted by Crippen LogP contribution is -2.31.